The Labute approximate surface area is 141 Å². The van der Waals surface area contributed by atoms with Gasteiger partial charge in [-0.15, -0.1) is 0 Å². The zero-order valence-corrected chi connectivity index (χ0v) is 14.1. The first kappa shape index (κ1) is 17.7. The first-order chi connectivity index (χ1) is 11.3. The molecule has 0 saturated heterocycles. The van der Waals surface area contributed by atoms with Gasteiger partial charge in [-0.1, -0.05) is 24.3 Å². The number of benzene rings is 2. The number of nitrogens with zero attached hydrogens (tertiary/aromatic N) is 1. The molecular weight excluding hydrogens is 307 g/mol. The SMILES string of the molecule is CC(=O)N(CC(=O)Nc1cc(C)cc(C)c1)Cc1ccccc1F. The Balaban J connectivity index is 2.06. The molecule has 0 aliphatic heterocycles. The van der Waals surface area contributed by atoms with Crippen LogP contribution in [0.4, 0.5) is 10.1 Å². The fourth-order valence-electron chi connectivity index (χ4n) is 2.53. The highest BCUT2D eigenvalue weighted by atomic mass is 19.1. The van der Waals surface area contributed by atoms with Crippen LogP contribution in [0.15, 0.2) is 42.5 Å². The summed E-state index contributed by atoms with van der Waals surface area (Å²) in [6, 6.07) is 12.0. The molecule has 1 N–H and O–H groups in total. The van der Waals surface area contributed by atoms with E-state index in [1.165, 1.54) is 17.9 Å². The molecule has 0 bridgehead atoms. The highest BCUT2D eigenvalue weighted by Crippen LogP contribution is 2.14. The first-order valence-corrected chi connectivity index (χ1v) is 7.72. The summed E-state index contributed by atoms with van der Waals surface area (Å²) >= 11 is 0. The summed E-state index contributed by atoms with van der Waals surface area (Å²) < 4.78 is 13.7. The zero-order chi connectivity index (χ0) is 17.7. The van der Waals surface area contributed by atoms with Crippen LogP contribution >= 0.6 is 0 Å². The van der Waals surface area contributed by atoms with Crippen molar-refractivity contribution in [1.82, 2.24) is 4.90 Å². The van der Waals surface area contributed by atoms with E-state index in [0.717, 1.165) is 11.1 Å². The van der Waals surface area contributed by atoms with Gasteiger partial charge in [-0.3, -0.25) is 9.59 Å². The number of hydrogen-bond donors (Lipinski definition) is 1. The largest absolute Gasteiger partial charge is 0.329 e. The Morgan fingerprint density at radius 3 is 2.29 bits per heavy atom. The van der Waals surface area contributed by atoms with E-state index in [-0.39, 0.29) is 24.9 Å². The molecule has 5 heteroatoms. The summed E-state index contributed by atoms with van der Waals surface area (Å²) in [6.45, 7) is 5.19. The fourth-order valence-corrected chi connectivity index (χ4v) is 2.53. The van der Waals surface area contributed by atoms with Gasteiger partial charge < -0.3 is 10.2 Å². The van der Waals surface area contributed by atoms with E-state index in [4.69, 9.17) is 0 Å². The smallest absolute Gasteiger partial charge is 0.244 e. The average Bonchev–Trinajstić information content (AvgIpc) is 2.47. The summed E-state index contributed by atoms with van der Waals surface area (Å²) in [6.07, 6.45) is 0. The Bertz CT molecular complexity index is 739. The van der Waals surface area contributed by atoms with Crippen LogP contribution in [-0.2, 0) is 16.1 Å². The van der Waals surface area contributed by atoms with Crippen LogP contribution in [0.2, 0.25) is 0 Å². The lowest BCUT2D eigenvalue weighted by molar-refractivity contribution is -0.133. The number of nitrogens with one attached hydrogen (secondary N) is 1. The summed E-state index contributed by atoms with van der Waals surface area (Å²) in [5.41, 5.74) is 3.15. The Kier molecular flexibility index (Phi) is 5.68. The third-order valence-electron chi connectivity index (χ3n) is 3.60. The molecule has 0 aromatic heterocycles. The van der Waals surface area contributed by atoms with Crippen molar-refractivity contribution >= 4 is 17.5 Å². The van der Waals surface area contributed by atoms with Gasteiger partial charge >= 0.3 is 0 Å². The average molecular weight is 328 g/mol. The number of anilines is 1. The lowest BCUT2D eigenvalue weighted by atomic mass is 10.1. The Hall–Kier alpha value is -2.69. The third kappa shape index (κ3) is 4.91. The maximum absolute atomic E-state index is 13.7. The molecule has 2 aromatic rings. The molecule has 24 heavy (non-hydrogen) atoms. The number of rotatable bonds is 5. The van der Waals surface area contributed by atoms with E-state index in [1.807, 2.05) is 32.0 Å². The third-order valence-corrected chi connectivity index (χ3v) is 3.60. The molecule has 0 aliphatic carbocycles. The second kappa shape index (κ2) is 7.73. The summed E-state index contributed by atoms with van der Waals surface area (Å²) in [5.74, 6) is -0.987. The maximum atomic E-state index is 13.7. The molecule has 0 atom stereocenters. The molecule has 126 valence electrons. The van der Waals surface area contributed by atoms with Crippen LogP contribution in [0.5, 0.6) is 0 Å². The zero-order valence-electron chi connectivity index (χ0n) is 14.1. The molecule has 0 saturated carbocycles. The van der Waals surface area contributed by atoms with Crippen molar-refractivity contribution in [2.24, 2.45) is 0 Å². The van der Waals surface area contributed by atoms with E-state index < -0.39 is 5.82 Å². The number of carbonyl (C=O) groups excluding carboxylic acids is 2. The van der Waals surface area contributed by atoms with Crippen molar-refractivity contribution < 1.29 is 14.0 Å². The van der Waals surface area contributed by atoms with Crippen molar-refractivity contribution in [3.63, 3.8) is 0 Å². The van der Waals surface area contributed by atoms with Gasteiger partial charge in [0.15, 0.2) is 0 Å². The van der Waals surface area contributed by atoms with Crippen molar-refractivity contribution in [3.8, 4) is 0 Å². The van der Waals surface area contributed by atoms with Gasteiger partial charge in [-0.2, -0.15) is 0 Å². The van der Waals surface area contributed by atoms with Crippen molar-refractivity contribution in [1.29, 1.82) is 0 Å². The van der Waals surface area contributed by atoms with Gasteiger partial charge in [0.05, 0.1) is 0 Å². The summed E-state index contributed by atoms with van der Waals surface area (Å²) in [7, 11) is 0. The monoisotopic (exact) mass is 328 g/mol. The standard InChI is InChI=1S/C19H21FN2O2/c1-13-8-14(2)10-17(9-13)21-19(24)12-22(15(3)23)11-16-6-4-5-7-18(16)20/h4-10H,11-12H2,1-3H3,(H,21,24). The minimum Gasteiger partial charge on any atom is -0.329 e. The predicted octanol–water partition coefficient (Wildman–Crippen LogP) is 3.43. The van der Waals surface area contributed by atoms with Gasteiger partial charge in [-0.25, -0.2) is 4.39 Å². The highest BCUT2D eigenvalue weighted by Gasteiger charge is 2.16. The van der Waals surface area contributed by atoms with E-state index in [1.54, 1.807) is 18.2 Å². The normalized spacial score (nSPS) is 10.3. The van der Waals surface area contributed by atoms with Crippen LogP contribution in [0.25, 0.3) is 0 Å². The Morgan fingerprint density at radius 1 is 1.08 bits per heavy atom. The highest BCUT2D eigenvalue weighted by molar-refractivity contribution is 5.94. The number of carbonyl (C=O) groups is 2. The molecule has 4 nitrogen and oxygen atoms in total. The number of halogens is 1. The molecule has 0 fully saturated rings. The maximum Gasteiger partial charge on any atom is 0.244 e. The lowest BCUT2D eigenvalue weighted by Crippen LogP contribution is -2.36. The number of aryl methyl sites for hydroxylation is 2. The first-order valence-electron chi connectivity index (χ1n) is 7.72. The molecule has 0 aliphatic rings. The van der Waals surface area contributed by atoms with Crippen molar-refractivity contribution in [2.45, 2.75) is 27.3 Å². The molecule has 2 amide bonds. The van der Waals surface area contributed by atoms with Crippen LogP contribution in [0.1, 0.15) is 23.6 Å². The lowest BCUT2D eigenvalue weighted by Gasteiger charge is -2.21. The molecule has 0 spiro atoms. The van der Waals surface area contributed by atoms with Gasteiger partial charge in [0, 0.05) is 24.7 Å². The second-order valence-electron chi connectivity index (χ2n) is 5.89. The van der Waals surface area contributed by atoms with Crippen LogP contribution < -0.4 is 5.32 Å². The molecule has 0 heterocycles. The fraction of sp³-hybridized carbons (Fsp3) is 0.263. The van der Waals surface area contributed by atoms with Crippen LogP contribution in [0, 0.1) is 19.7 Å². The quantitative estimate of drug-likeness (QED) is 0.914. The van der Waals surface area contributed by atoms with Crippen molar-refractivity contribution in [3.05, 3.63) is 65.0 Å². The van der Waals surface area contributed by atoms with Gasteiger partial charge in [0.25, 0.3) is 0 Å². The van der Waals surface area contributed by atoms with Crippen LogP contribution in [-0.4, -0.2) is 23.3 Å². The van der Waals surface area contributed by atoms with Crippen LogP contribution in [0.3, 0.4) is 0 Å². The van der Waals surface area contributed by atoms with Gasteiger partial charge in [0.2, 0.25) is 11.8 Å². The van der Waals surface area contributed by atoms with E-state index in [0.29, 0.717) is 11.3 Å². The molecule has 2 aromatic carbocycles. The number of amides is 2. The van der Waals surface area contributed by atoms with Gasteiger partial charge in [-0.05, 0) is 43.2 Å². The second-order valence-corrected chi connectivity index (χ2v) is 5.89. The molecule has 2 rings (SSSR count). The van der Waals surface area contributed by atoms with E-state index in [9.17, 15) is 14.0 Å². The molecular formula is C19H21FN2O2. The minimum absolute atomic E-state index is 0.0578. The Morgan fingerprint density at radius 2 is 1.71 bits per heavy atom. The summed E-state index contributed by atoms with van der Waals surface area (Å²) in [4.78, 5) is 25.3. The van der Waals surface area contributed by atoms with Crippen molar-refractivity contribution in [2.75, 3.05) is 11.9 Å². The van der Waals surface area contributed by atoms with E-state index >= 15 is 0 Å². The topological polar surface area (TPSA) is 49.4 Å². The minimum atomic E-state index is -0.390. The summed E-state index contributed by atoms with van der Waals surface area (Å²) in [5, 5.41) is 2.78. The number of hydrogen-bond acceptors (Lipinski definition) is 2. The van der Waals surface area contributed by atoms with E-state index in [2.05, 4.69) is 5.32 Å². The predicted molar refractivity (Wildman–Crippen MR) is 92.0 cm³/mol. The molecule has 0 radical (unpaired) electrons. The molecule has 0 unspecified atom stereocenters. The van der Waals surface area contributed by atoms with Gasteiger partial charge in [0.1, 0.15) is 12.4 Å².